The quantitative estimate of drug-likeness (QED) is 0.207. The molecule has 0 bridgehead atoms. The third-order valence-electron chi connectivity index (χ3n) is 6.25. The zero-order valence-corrected chi connectivity index (χ0v) is 23.1. The highest BCUT2D eigenvalue weighted by Gasteiger charge is 2.36. The van der Waals surface area contributed by atoms with E-state index in [4.69, 9.17) is 26.1 Å². The van der Waals surface area contributed by atoms with Gasteiger partial charge in [0, 0.05) is 34.4 Å². The van der Waals surface area contributed by atoms with Crippen molar-refractivity contribution < 1.29 is 18.6 Å². The Morgan fingerprint density at radius 1 is 1.13 bits per heavy atom. The monoisotopic (exact) mass is 547 g/mol. The molecule has 7 nitrogen and oxygen atoms in total. The summed E-state index contributed by atoms with van der Waals surface area (Å²) in [5.74, 6) is 0.274. The first kappa shape index (κ1) is 27.2. The zero-order chi connectivity index (χ0) is 27.4. The average molecular weight is 548 g/mol. The molecular formula is C29H27ClN3O4P. The number of amides is 1. The lowest BCUT2D eigenvalue weighted by atomic mass is 10.1. The lowest BCUT2D eigenvalue weighted by molar-refractivity contribution is 0.0936. The molecule has 0 radical (unpaired) electrons. The standard InChI is InChI=1S/C29H27ClN3O4P/c1-18-14-20(6-5-13-31)16-24(15-18)38(35,37-4)28-25-17-22(30)9-12-26(25)33-27(28)29(34)32-19(2)21-7-10-23(36-3)11-8-21/h5-12,14-17,19,33H,1-4H3,(H,32,34)/b6-5+/t19-,38?/m1/s1. The van der Waals surface area contributed by atoms with Gasteiger partial charge in [0.15, 0.2) is 0 Å². The van der Waals surface area contributed by atoms with Crippen LogP contribution in [0.25, 0.3) is 17.0 Å². The third-order valence-corrected chi connectivity index (χ3v) is 8.99. The summed E-state index contributed by atoms with van der Waals surface area (Å²) in [7, 11) is -0.858. The van der Waals surface area contributed by atoms with Gasteiger partial charge in [0.2, 0.25) is 0 Å². The van der Waals surface area contributed by atoms with Crippen LogP contribution in [0.4, 0.5) is 0 Å². The number of H-pyrrole nitrogens is 1. The molecular weight excluding hydrogens is 521 g/mol. The van der Waals surface area contributed by atoms with Crippen LogP contribution in [0.2, 0.25) is 5.02 Å². The first-order valence-electron chi connectivity index (χ1n) is 11.8. The van der Waals surface area contributed by atoms with E-state index in [-0.39, 0.29) is 17.0 Å². The number of aromatic nitrogens is 1. The van der Waals surface area contributed by atoms with Crippen LogP contribution in [0.1, 0.15) is 40.1 Å². The highest BCUT2D eigenvalue weighted by Crippen LogP contribution is 2.47. The highest BCUT2D eigenvalue weighted by molar-refractivity contribution is 7.75. The number of methoxy groups -OCH3 is 1. The minimum atomic E-state index is -3.81. The summed E-state index contributed by atoms with van der Waals surface area (Å²) >= 11 is 6.32. The van der Waals surface area contributed by atoms with Gasteiger partial charge in [-0.3, -0.25) is 9.36 Å². The van der Waals surface area contributed by atoms with Gasteiger partial charge < -0.3 is 19.6 Å². The first-order valence-corrected chi connectivity index (χ1v) is 13.8. The van der Waals surface area contributed by atoms with Crippen LogP contribution in [0.5, 0.6) is 5.75 Å². The fraction of sp³-hybridized carbons (Fsp3) is 0.172. The summed E-state index contributed by atoms with van der Waals surface area (Å²) < 4.78 is 25.7. The number of carbonyl (C=O) groups is 1. The van der Waals surface area contributed by atoms with Crippen molar-refractivity contribution in [3.63, 3.8) is 0 Å². The number of halogens is 1. The third kappa shape index (κ3) is 5.39. The van der Waals surface area contributed by atoms with Crippen molar-refractivity contribution in [1.29, 1.82) is 5.26 Å². The molecule has 3 aromatic carbocycles. The Morgan fingerprint density at radius 2 is 1.87 bits per heavy atom. The zero-order valence-electron chi connectivity index (χ0n) is 21.4. The maximum atomic E-state index is 14.7. The first-order chi connectivity index (χ1) is 18.2. The van der Waals surface area contributed by atoms with Crippen LogP contribution < -0.4 is 20.7 Å². The van der Waals surface area contributed by atoms with E-state index in [0.717, 1.165) is 11.1 Å². The number of rotatable bonds is 8. The van der Waals surface area contributed by atoms with Gasteiger partial charge in [0.25, 0.3) is 13.3 Å². The number of allylic oxidation sites excluding steroid dienone is 1. The summed E-state index contributed by atoms with van der Waals surface area (Å²) in [6, 6.07) is 19.5. The van der Waals surface area contributed by atoms with Gasteiger partial charge in [-0.15, -0.1) is 0 Å². The number of carbonyl (C=O) groups excluding carboxylic acids is 1. The molecule has 1 amide bonds. The minimum absolute atomic E-state index is 0.128. The van der Waals surface area contributed by atoms with E-state index in [1.807, 2.05) is 50.2 Å². The van der Waals surface area contributed by atoms with E-state index in [1.165, 1.54) is 13.2 Å². The van der Waals surface area contributed by atoms with Crippen LogP contribution in [-0.2, 0) is 9.09 Å². The van der Waals surface area contributed by atoms with Crippen molar-refractivity contribution in [3.8, 4) is 11.8 Å². The number of benzene rings is 3. The van der Waals surface area contributed by atoms with Crippen LogP contribution in [-0.4, -0.2) is 25.1 Å². The van der Waals surface area contributed by atoms with Crippen molar-refractivity contribution >= 4 is 52.5 Å². The second-order valence-electron chi connectivity index (χ2n) is 8.81. The van der Waals surface area contributed by atoms with Crippen LogP contribution >= 0.6 is 19.0 Å². The highest BCUT2D eigenvalue weighted by atomic mass is 35.5. The second-order valence-corrected chi connectivity index (χ2v) is 11.7. The van der Waals surface area contributed by atoms with Gasteiger partial charge in [0.1, 0.15) is 11.4 Å². The molecule has 194 valence electrons. The Kier molecular flexibility index (Phi) is 8.08. The molecule has 1 heterocycles. The molecule has 38 heavy (non-hydrogen) atoms. The lowest BCUT2D eigenvalue weighted by Gasteiger charge is -2.20. The number of ether oxygens (including phenoxy) is 1. The van der Waals surface area contributed by atoms with Crippen LogP contribution in [0.15, 0.2) is 66.7 Å². The van der Waals surface area contributed by atoms with E-state index < -0.39 is 13.3 Å². The maximum absolute atomic E-state index is 14.7. The predicted molar refractivity (Wildman–Crippen MR) is 152 cm³/mol. The van der Waals surface area contributed by atoms with Gasteiger partial charge in [-0.25, -0.2) is 0 Å². The molecule has 0 saturated carbocycles. The molecule has 9 heteroatoms. The molecule has 4 aromatic rings. The van der Waals surface area contributed by atoms with E-state index in [2.05, 4.69) is 10.3 Å². The Labute approximate surface area is 226 Å². The van der Waals surface area contributed by atoms with Crippen molar-refractivity contribution in [2.45, 2.75) is 19.9 Å². The van der Waals surface area contributed by atoms with Gasteiger partial charge in [-0.1, -0.05) is 29.8 Å². The van der Waals surface area contributed by atoms with E-state index in [0.29, 0.717) is 32.5 Å². The number of hydrogen-bond acceptors (Lipinski definition) is 5. The predicted octanol–water partition coefficient (Wildman–Crippen LogP) is 6.04. The molecule has 0 aliphatic heterocycles. The van der Waals surface area contributed by atoms with Crippen molar-refractivity contribution in [1.82, 2.24) is 10.3 Å². The molecule has 0 saturated heterocycles. The normalized spacial score (nSPS) is 13.7. The van der Waals surface area contributed by atoms with Gasteiger partial charge in [-0.2, -0.15) is 5.26 Å². The molecule has 0 aliphatic carbocycles. The molecule has 0 spiro atoms. The summed E-state index contributed by atoms with van der Waals surface area (Å²) in [5.41, 5.74) is 3.12. The summed E-state index contributed by atoms with van der Waals surface area (Å²) in [6.07, 6.45) is 2.98. The van der Waals surface area contributed by atoms with Crippen molar-refractivity contribution in [2.24, 2.45) is 0 Å². The Morgan fingerprint density at radius 3 is 2.53 bits per heavy atom. The Balaban J connectivity index is 1.85. The number of aryl methyl sites for hydroxylation is 1. The Hall–Kier alpha value is -3.82. The number of fused-ring (bicyclic) bond motifs is 1. The molecule has 1 unspecified atom stereocenters. The largest absolute Gasteiger partial charge is 0.497 e. The smallest absolute Gasteiger partial charge is 0.269 e. The molecule has 4 rings (SSSR count). The van der Waals surface area contributed by atoms with E-state index >= 15 is 0 Å². The lowest BCUT2D eigenvalue weighted by Crippen LogP contribution is -2.32. The fourth-order valence-corrected chi connectivity index (χ4v) is 6.85. The molecule has 0 fully saturated rings. The number of nitriles is 1. The maximum Gasteiger partial charge on any atom is 0.269 e. The van der Waals surface area contributed by atoms with E-state index in [1.54, 1.807) is 43.5 Å². The van der Waals surface area contributed by atoms with Crippen molar-refractivity contribution in [3.05, 3.63) is 94.1 Å². The van der Waals surface area contributed by atoms with E-state index in [9.17, 15) is 9.36 Å². The molecule has 2 atom stereocenters. The topological polar surface area (TPSA) is 104 Å². The van der Waals surface area contributed by atoms with Crippen LogP contribution in [0.3, 0.4) is 0 Å². The second kappa shape index (κ2) is 11.3. The van der Waals surface area contributed by atoms with Gasteiger partial charge >= 0.3 is 0 Å². The minimum Gasteiger partial charge on any atom is -0.497 e. The summed E-state index contributed by atoms with van der Waals surface area (Å²) in [6.45, 7) is 3.73. The average Bonchev–Trinajstić information content (AvgIpc) is 3.30. The van der Waals surface area contributed by atoms with Crippen molar-refractivity contribution in [2.75, 3.05) is 14.2 Å². The fourth-order valence-electron chi connectivity index (χ4n) is 4.38. The number of aromatic amines is 1. The van der Waals surface area contributed by atoms with Crippen LogP contribution in [0, 0.1) is 18.3 Å². The molecule has 1 aromatic heterocycles. The van der Waals surface area contributed by atoms with Gasteiger partial charge in [0.05, 0.1) is 24.5 Å². The number of hydrogen-bond donors (Lipinski definition) is 2. The summed E-state index contributed by atoms with van der Waals surface area (Å²) in [4.78, 5) is 16.8. The number of nitrogens with zero attached hydrogens (tertiary/aromatic N) is 1. The SMILES string of the molecule is COc1ccc([C@@H](C)NC(=O)c2[nH]c3ccc(Cl)cc3c2P(=O)(OC)c2cc(C)cc(/C=C/C#N)c2)cc1. The summed E-state index contributed by atoms with van der Waals surface area (Å²) in [5, 5.41) is 13.5. The Bertz CT molecular complexity index is 1620. The molecule has 0 aliphatic rings. The van der Waals surface area contributed by atoms with Gasteiger partial charge in [-0.05, 0) is 79.1 Å². The number of nitrogens with one attached hydrogen (secondary N) is 2. The molecule has 2 N–H and O–H groups in total.